The summed E-state index contributed by atoms with van der Waals surface area (Å²) in [6.07, 6.45) is 4.86. The molecule has 0 saturated heterocycles. The Balaban J connectivity index is 1.41. The number of nitrogens with zero attached hydrogens (tertiary/aromatic N) is 3. The van der Waals surface area contributed by atoms with Crippen molar-refractivity contribution in [3.8, 4) is 0 Å². The number of carbonyl (C=O) groups is 1. The van der Waals surface area contributed by atoms with Gasteiger partial charge in [-0.05, 0) is 43.2 Å². The Morgan fingerprint density at radius 1 is 1.24 bits per heavy atom. The molecule has 0 atom stereocenters. The van der Waals surface area contributed by atoms with Crippen molar-refractivity contribution in [1.82, 2.24) is 14.8 Å². The van der Waals surface area contributed by atoms with Gasteiger partial charge in [0.05, 0.1) is 5.75 Å². The number of hydrogen-bond donors (Lipinski definition) is 1. The molecule has 0 spiro atoms. The minimum atomic E-state index is 0.0106. The van der Waals surface area contributed by atoms with Crippen LogP contribution >= 0.6 is 11.8 Å². The summed E-state index contributed by atoms with van der Waals surface area (Å²) in [5.41, 5.74) is 2.07. The van der Waals surface area contributed by atoms with E-state index in [1.165, 1.54) is 37.4 Å². The van der Waals surface area contributed by atoms with E-state index in [0.29, 0.717) is 23.6 Å². The Bertz CT molecular complexity index is 777. The monoisotopic (exact) mass is 356 g/mol. The third kappa shape index (κ3) is 3.73. The number of para-hydroxylation sites is 1. The third-order valence-electron chi connectivity index (χ3n) is 4.73. The number of nitrogens with one attached hydrogen (secondary N) is 1. The largest absolute Gasteiger partial charge is 0.325 e. The molecule has 132 valence electrons. The van der Waals surface area contributed by atoms with Crippen molar-refractivity contribution in [2.75, 3.05) is 11.1 Å². The van der Waals surface area contributed by atoms with Gasteiger partial charge < -0.3 is 9.88 Å². The van der Waals surface area contributed by atoms with E-state index in [1.54, 1.807) is 0 Å². The molecule has 0 radical (unpaired) electrons. The predicted molar refractivity (Wildman–Crippen MR) is 100 cm³/mol. The average molecular weight is 356 g/mol. The molecule has 0 unspecified atom stereocenters. The summed E-state index contributed by atoms with van der Waals surface area (Å²) < 4.78 is 2.29. The van der Waals surface area contributed by atoms with E-state index in [9.17, 15) is 4.79 Å². The number of rotatable bonds is 7. The van der Waals surface area contributed by atoms with Crippen LogP contribution in [0.25, 0.3) is 0 Å². The number of amides is 1. The van der Waals surface area contributed by atoms with E-state index in [0.717, 1.165) is 22.2 Å². The molecule has 2 aromatic rings. The molecule has 2 saturated carbocycles. The first-order valence-corrected chi connectivity index (χ1v) is 10.1. The van der Waals surface area contributed by atoms with Gasteiger partial charge in [0.15, 0.2) is 5.16 Å². The molecule has 0 aliphatic heterocycles. The highest BCUT2D eigenvalue weighted by Crippen LogP contribution is 2.46. The zero-order valence-electron chi connectivity index (χ0n) is 14.7. The van der Waals surface area contributed by atoms with E-state index in [-0.39, 0.29) is 5.91 Å². The van der Waals surface area contributed by atoms with Crippen LogP contribution in [0.1, 0.15) is 68.8 Å². The van der Waals surface area contributed by atoms with Gasteiger partial charge in [-0.15, -0.1) is 10.2 Å². The second-order valence-corrected chi connectivity index (χ2v) is 8.24. The number of carbonyl (C=O) groups excluding carboxylic acids is 1. The molecule has 1 aromatic carbocycles. The lowest BCUT2D eigenvalue weighted by Gasteiger charge is -2.13. The first-order chi connectivity index (χ1) is 12.1. The lowest BCUT2D eigenvalue weighted by molar-refractivity contribution is -0.113. The Morgan fingerprint density at radius 2 is 2.00 bits per heavy atom. The number of benzene rings is 1. The van der Waals surface area contributed by atoms with Gasteiger partial charge in [-0.2, -0.15) is 0 Å². The molecule has 0 bridgehead atoms. The van der Waals surface area contributed by atoms with Gasteiger partial charge in [0.25, 0.3) is 0 Å². The normalized spacial score (nSPS) is 17.1. The summed E-state index contributed by atoms with van der Waals surface area (Å²) in [6.45, 7) is 4.27. The lowest BCUT2D eigenvalue weighted by Crippen LogP contribution is -2.16. The number of hydrogen-bond acceptors (Lipinski definition) is 4. The van der Waals surface area contributed by atoms with Crippen molar-refractivity contribution in [3.63, 3.8) is 0 Å². The molecule has 6 heteroatoms. The summed E-state index contributed by atoms with van der Waals surface area (Å²) in [5.74, 6) is 2.48. The maximum Gasteiger partial charge on any atom is 0.234 e. The van der Waals surface area contributed by atoms with Crippen molar-refractivity contribution in [2.45, 2.75) is 62.6 Å². The van der Waals surface area contributed by atoms with Gasteiger partial charge in [-0.3, -0.25) is 4.79 Å². The average Bonchev–Trinajstić information content (AvgIpc) is 3.52. The summed E-state index contributed by atoms with van der Waals surface area (Å²) in [5, 5.41) is 12.7. The highest BCUT2D eigenvalue weighted by atomic mass is 32.2. The van der Waals surface area contributed by atoms with Crippen LogP contribution in [0.2, 0.25) is 0 Å². The summed E-state index contributed by atoms with van der Waals surface area (Å²) >= 11 is 1.50. The first kappa shape index (κ1) is 16.6. The fourth-order valence-corrected chi connectivity index (χ4v) is 3.93. The Labute approximate surface area is 152 Å². The third-order valence-corrected chi connectivity index (χ3v) is 5.68. The van der Waals surface area contributed by atoms with Crippen LogP contribution in [-0.2, 0) is 4.79 Å². The van der Waals surface area contributed by atoms with Crippen LogP contribution < -0.4 is 5.32 Å². The number of anilines is 1. The molecule has 4 rings (SSSR count). The van der Waals surface area contributed by atoms with Crippen molar-refractivity contribution in [1.29, 1.82) is 0 Å². The van der Waals surface area contributed by atoms with Gasteiger partial charge in [0.1, 0.15) is 5.82 Å². The Kier molecular flexibility index (Phi) is 4.54. The second-order valence-electron chi connectivity index (χ2n) is 7.30. The van der Waals surface area contributed by atoms with Crippen LogP contribution in [0.5, 0.6) is 0 Å². The van der Waals surface area contributed by atoms with Crippen molar-refractivity contribution in [3.05, 3.63) is 35.7 Å². The zero-order valence-corrected chi connectivity index (χ0v) is 15.6. The topological polar surface area (TPSA) is 59.8 Å². The first-order valence-electron chi connectivity index (χ1n) is 9.10. The Hall–Kier alpha value is -1.82. The fourth-order valence-electron chi connectivity index (χ4n) is 3.11. The van der Waals surface area contributed by atoms with Gasteiger partial charge in [-0.25, -0.2) is 0 Å². The fraction of sp³-hybridized carbons (Fsp3) is 0.526. The highest BCUT2D eigenvalue weighted by molar-refractivity contribution is 7.99. The maximum absolute atomic E-state index is 12.4. The van der Waals surface area contributed by atoms with Crippen molar-refractivity contribution in [2.24, 2.45) is 0 Å². The summed E-state index contributed by atoms with van der Waals surface area (Å²) in [7, 11) is 0. The molecule has 5 nitrogen and oxygen atoms in total. The van der Waals surface area contributed by atoms with Gasteiger partial charge in [0.2, 0.25) is 5.91 Å². The summed E-state index contributed by atoms with van der Waals surface area (Å²) in [6, 6.07) is 8.56. The van der Waals surface area contributed by atoms with Crippen LogP contribution in [0, 0.1) is 0 Å². The number of thioether (sulfide) groups is 1. The molecular weight excluding hydrogens is 332 g/mol. The number of aromatic nitrogens is 3. The molecule has 25 heavy (non-hydrogen) atoms. The van der Waals surface area contributed by atoms with E-state index < -0.39 is 0 Å². The van der Waals surface area contributed by atoms with E-state index in [1.807, 2.05) is 18.2 Å². The molecule has 1 aromatic heterocycles. The molecule has 2 aliphatic rings. The van der Waals surface area contributed by atoms with Crippen LogP contribution in [0.4, 0.5) is 5.69 Å². The Morgan fingerprint density at radius 3 is 2.68 bits per heavy atom. The lowest BCUT2D eigenvalue weighted by atomic mass is 10.0. The van der Waals surface area contributed by atoms with Crippen molar-refractivity contribution < 1.29 is 4.79 Å². The van der Waals surface area contributed by atoms with Crippen LogP contribution in [0.15, 0.2) is 29.4 Å². The molecule has 2 aliphatic carbocycles. The zero-order chi connectivity index (χ0) is 17.4. The van der Waals surface area contributed by atoms with E-state index in [4.69, 9.17) is 0 Å². The van der Waals surface area contributed by atoms with Crippen molar-refractivity contribution >= 4 is 23.4 Å². The minimum Gasteiger partial charge on any atom is -0.325 e. The molecule has 1 heterocycles. The summed E-state index contributed by atoms with van der Waals surface area (Å²) in [4.78, 5) is 12.4. The van der Waals surface area contributed by atoms with Crippen LogP contribution in [-0.4, -0.2) is 26.4 Å². The molecular formula is C19H24N4OS. The smallest absolute Gasteiger partial charge is 0.234 e. The molecule has 1 N–H and O–H groups in total. The van der Waals surface area contributed by atoms with Crippen LogP contribution in [0.3, 0.4) is 0 Å². The van der Waals surface area contributed by atoms with Gasteiger partial charge in [0, 0.05) is 17.6 Å². The molecule has 1 amide bonds. The second kappa shape index (κ2) is 6.83. The van der Waals surface area contributed by atoms with Gasteiger partial charge >= 0.3 is 0 Å². The van der Waals surface area contributed by atoms with E-state index >= 15 is 0 Å². The predicted octanol–water partition coefficient (Wildman–Crippen LogP) is 4.34. The minimum absolute atomic E-state index is 0.0106. The molecule has 2 fully saturated rings. The maximum atomic E-state index is 12.4. The van der Waals surface area contributed by atoms with Gasteiger partial charge in [-0.1, -0.05) is 43.8 Å². The SMILES string of the molecule is CC(C)c1ccccc1NC(=O)CSc1nnc(C2CC2)n1C1CC1. The standard InChI is InChI=1S/C19H24N4OS/c1-12(2)15-5-3-4-6-16(15)20-17(24)11-25-19-22-21-18(13-7-8-13)23(19)14-9-10-14/h3-6,12-14H,7-11H2,1-2H3,(H,20,24). The quantitative estimate of drug-likeness (QED) is 0.750. The van der Waals surface area contributed by atoms with E-state index in [2.05, 4.69) is 40.0 Å². The highest BCUT2D eigenvalue weighted by Gasteiger charge is 2.36.